The number of hydrogen-bond acceptors (Lipinski definition) is 15. The van der Waals surface area contributed by atoms with E-state index in [1.807, 2.05) is 41.8 Å². The van der Waals surface area contributed by atoms with Gasteiger partial charge < -0.3 is 34.5 Å². The Labute approximate surface area is 417 Å². The molecule has 19 nitrogen and oxygen atoms in total. The molecule has 3 aromatic carbocycles. The minimum absolute atomic E-state index is 0.00325. The summed E-state index contributed by atoms with van der Waals surface area (Å²) < 4.78 is 24.6. The van der Waals surface area contributed by atoms with E-state index in [9.17, 15) is 28.8 Å². The average Bonchev–Trinajstić information content (AvgIpc) is 4.03. The SMILES string of the molecule is Cc1sc2c(c1C)C(c1ccc(Cl)cc1)=N[C@@H](CC(=O)Nc1ccc3c(c1)C(=O)N(CCOCCOCCOCCOCCNc1cccc4c1C(=O)N(C1CCC(=O)NC1=O)C4=O)C3)c1nnc(C)n1-2. The van der Waals surface area contributed by atoms with Crippen molar-refractivity contribution in [1.29, 1.82) is 0 Å². The average molecular weight is 1010 g/mol. The van der Waals surface area contributed by atoms with Gasteiger partial charge >= 0.3 is 0 Å². The van der Waals surface area contributed by atoms with E-state index in [-0.39, 0.29) is 42.2 Å². The molecule has 2 aromatic heterocycles. The van der Waals surface area contributed by atoms with Crippen LogP contribution < -0.4 is 16.0 Å². The highest BCUT2D eigenvalue weighted by Gasteiger charge is 2.45. The zero-order valence-corrected chi connectivity index (χ0v) is 41.0. The number of nitrogens with one attached hydrogen (secondary N) is 3. The Kier molecular flexibility index (Phi) is 15.1. The molecular weight excluding hydrogens is 954 g/mol. The van der Waals surface area contributed by atoms with Gasteiger partial charge in [0.2, 0.25) is 17.7 Å². The molecule has 6 amide bonds. The Hall–Kier alpha value is -6.68. The molecular formula is C50H52ClN9O10S. The van der Waals surface area contributed by atoms with E-state index in [0.29, 0.717) is 106 Å². The maximum atomic E-state index is 13.7. The van der Waals surface area contributed by atoms with Crippen molar-refractivity contribution in [2.45, 2.75) is 58.7 Å². The number of carbonyl (C=O) groups excluding carboxylic acids is 6. The Morgan fingerprint density at radius 3 is 2.27 bits per heavy atom. The molecule has 0 saturated carbocycles. The number of imide groups is 2. The van der Waals surface area contributed by atoms with Crippen LogP contribution in [0.15, 0.2) is 65.7 Å². The summed E-state index contributed by atoms with van der Waals surface area (Å²) in [6.45, 7) is 9.97. The second-order valence-corrected chi connectivity index (χ2v) is 18.9. The number of anilines is 2. The lowest BCUT2D eigenvalue weighted by molar-refractivity contribution is -0.136. The van der Waals surface area contributed by atoms with Crippen LogP contribution in [0.3, 0.4) is 0 Å². The van der Waals surface area contributed by atoms with Gasteiger partial charge in [-0.3, -0.25) is 48.5 Å². The van der Waals surface area contributed by atoms with Crippen LogP contribution in [0.4, 0.5) is 11.4 Å². The minimum Gasteiger partial charge on any atom is -0.382 e. The molecule has 370 valence electrons. The van der Waals surface area contributed by atoms with Gasteiger partial charge in [-0.05, 0) is 74.7 Å². The van der Waals surface area contributed by atoms with Gasteiger partial charge in [0, 0.05) is 64.0 Å². The normalized spacial score (nSPS) is 17.2. The lowest BCUT2D eigenvalue weighted by Crippen LogP contribution is -2.54. The van der Waals surface area contributed by atoms with Crippen LogP contribution in [0, 0.1) is 20.8 Å². The molecule has 21 heteroatoms. The Bertz CT molecular complexity index is 2940. The lowest BCUT2D eigenvalue weighted by Gasteiger charge is -2.27. The fraction of sp³-hybridized carbons (Fsp3) is 0.380. The van der Waals surface area contributed by atoms with Gasteiger partial charge in [0.05, 0.1) is 76.1 Å². The fourth-order valence-electron chi connectivity index (χ4n) is 9.00. The first-order valence-electron chi connectivity index (χ1n) is 23.4. The molecule has 3 N–H and O–H groups in total. The number of hydrogen-bond donors (Lipinski definition) is 3. The van der Waals surface area contributed by atoms with Gasteiger partial charge in [-0.1, -0.05) is 35.9 Å². The van der Waals surface area contributed by atoms with E-state index in [4.69, 9.17) is 35.5 Å². The van der Waals surface area contributed by atoms with Crippen LogP contribution in [0.25, 0.3) is 5.00 Å². The first kappa shape index (κ1) is 49.3. The van der Waals surface area contributed by atoms with Crippen molar-refractivity contribution in [3.63, 3.8) is 0 Å². The van der Waals surface area contributed by atoms with Crippen LogP contribution in [0.5, 0.6) is 0 Å². The highest BCUT2D eigenvalue weighted by molar-refractivity contribution is 7.15. The molecule has 71 heavy (non-hydrogen) atoms. The molecule has 2 atom stereocenters. The number of amides is 6. The number of benzene rings is 3. The zero-order valence-electron chi connectivity index (χ0n) is 39.4. The van der Waals surface area contributed by atoms with Crippen molar-refractivity contribution in [3.05, 3.63) is 121 Å². The monoisotopic (exact) mass is 1010 g/mol. The lowest BCUT2D eigenvalue weighted by atomic mass is 9.99. The number of aliphatic imine (C=N–C) groups is 1. The molecule has 0 radical (unpaired) electrons. The van der Waals surface area contributed by atoms with Crippen molar-refractivity contribution in [2.75, 3.05) is 76.6 Å². The second-order valence-electron chi connectivity index (χ2n) is 17.3. The molecule has 6 heterocycles. The zero-order chi connectivity index (χ0) is 49.8. The molecule has 1 saturated heterocycles. The van der Waals surface area contributed by atoms with Crippen molar-refractivity contribution in [1.82, 2.24) is 29.9 Å². The smallest absolute Gasteiger partial charge is 0.264 e. The molecule has 4 aliphatic heterocycles. The summed E-state index contributed by atoms with van der Waals surface area (Å²) in [6, 6.07) is 16.1. The first-order chi connectivity index (χ1) is 34.4. The first-order valence-corrected chi connectivity index (χ1v) is 24.5. The van der Waals surface area contributed by atoms with Gasteiger partial charge in [-0.25, -0.2) is 0 Å². The number of rotatable bonds is 21. The second kappa shape index (κ2) is 21.8. The van der Waals surface area contributed by atoms with Crippen molar-refractivity contribution >= 4 is 75.5 Å². The van der Waals surface area contributed by atoms with Crippen LogP contribution in [-0.4, -0.2) is 138 Å². The van der Waals surface area contributed by atoms with Crippen molar-refractivity contribution in [3.8, 4) is 5.00 Å². The highest BCUT2D eigenvalue weighted by Crippen LogP contribution is 2.40. The standard InChI is InChI=1S/C50H52ClN9O10S/c1-28-29(2)71-50-42(28)44(31-7-10-33(51)11-8-31)54-38(45-57-56-30(3)59(45)50)26-41(62)53-34-12-9-32-27-58(47(64)36(32)25-34)16-18-68-20-22-70-24-23-69-21-19-67-17-15-52-37-6-4-5-35-43(37)49(66)60(48(35)65)39-13-14-40(61)55-46(39)63/h4-12,25,38-39,52H,13-24,26-27H2,1-3H3,(H,53,62)(H,55,61,63)/t38-,39?/m0/s1. The Morgan fingerprint density at radius 2 is 1.54 bits per heavy atom. The number of fused-ring (bicyclic) bond motifs is 5. The van der Waals surface area contributed by atoms with Gasteiger partial charge in [0.25, 0.3) is 17.7 Å². The number of aryl methyl sites for hydroxylation is 2. The van der Waals surface area contributed by atoms with Gasteiger partial charge in [0.15, 0.2) is 5.82 Å². The summed E-state index contributed by atoms with van der Waals surface area (Å²) in [6.07, 6.45) is 0.134. The highest BCUT2D eigenvalue weighted by atomic mass is 35.5. The Morgan fingerprint density at radius 1 is 0.817 bits per heavy atom. The number of piperidine rings is 1. The number of ether oxygens (including phenoxy) is 4. The summed E-state index contributed by atoms with van der Waals surface area (Å²) in [5.74, 6) is -1.36. The van der Waals surface area contributed by atoms with E-state index >= 15 is 0 Å². The quantitative estimate of drug-likeness (QED) is 0.0623. The van der Waals surface area contributed by atoms with E-state index in [2.05, 4.69) is 40.0 Å². The van der Waals surface area contributed by atoms with E-state index < -0.39 is 35.7 Å². The number of carbonyl (C=O) groups is 6. The summed E-state index contributed by atoms with van der Waals surface area (Å²) in [5.41, 5.74) is 6.48. The largest absolute Gasteiger partial charge is 0.382 e. The number of aromatic nitrogens is 3. The van der Waals surface area contributed by atoms with Gasteiger partial charge in [-0.15, -0.1) is 21.5 Å². The van der Waals surface area contributed by atoms with Crippen LogP contribution in [0.1, 0.15) is 95.2 Å². The molecule has 9 rings (SSSR count). The molecule has 0 spiro atoms. The number of thiophene rings is 1. The molecule has 0 aliphatic carbocycles. The summed E-state index contributed by atoms with van der Waals surface area (Å²) in [5, 5.41) is 18.8. The van der Waals surface area contributed by atoms with Crippen molar-refractivity contribution in [2.24, 2.45) is 4.99 Å². The number of halogens is 1. The van der Waals surface area contributed by atoms with E-state index in [0.717, 1.165) is 42.7 Å². The predicted octanol–water partition coefficient (Wildman–Crippen LogP) is 5.36. The third-order valence-electron chi connectivity index (χ3n) is 12.7. The third-order valence-corrected chi connectivity index (χ3v) is 14.1. The van der Waals surface area contributed by atoms with E-state index in [1.165, 1.54) is 0 Å². The molecule has 5 aromatic rings. The topological polar surface area (TPSA) is 225 Å². The predicted molar refractivity (Wildman–Crippen MR) is 263 cm³/mol. The maximum absolute atomic E-state index is 13.7. The van der Waals surface area contributed by atoms with Crippen LogP contribution in [0.2, 0.25) is 5.02 Å². The third kappa shape index (κ3) is 10.5. The summed E-state index contributed by atoms with van der Waals surface area (Å²) in [7, 11) is 0. The van der Waals surface area contributed by atoms with Crippen molar-refractivity contribution < 1.29 is 47.7 Å². The molecule has 1 unspecified atom stereocenters. The molecule has 4 aliphatic rings. The Balaban J connectivity index is 0.653. The number of nitrogens with zero attached hydrogens (tertiary/aromatic N) is 6. The fourth-order valence-corrected chi connectivity index (χ4v) is 10.3. The molecule has 1 fully saturated rings. The van der Waals surface area contributed by atoms with Crippen LogP contribution in [-0.2, 0) is 39.9 Å². The maximum Gasteiger partial charge on any atom is 0.264 e. The minimum atomic E-state index is -1.03. The summed E-state index contributed by atoms with van der Waals surface area (Å²) >= 11 is 7.90. The van der Waals surface area contributed by atoms with E-state index in [1.54, 1.807) is 46.6 Å². The molecule has 0 bridgehead atoms. The van der Waals surface area contributed by atoms with Gasteiger partial charge in [0.1, 0.15) is 22.9 Å². The van der Waals surface area contributed by atoms with Crippen LogP contribution >= 0.6 is 22.9 Å². The summed E-state index contributed by atoms with van der Waals surface area (Å²) in [4.78, 5) is 86.5. The van der Waals surface area contributed by atoms with Gasteiger partial charge in [-0.2, -0.15) is 0 Å².